The fourth-order valence-electron chi connectivity index (χ4n) is 8.58. The molecule has 4 N–H and O–H groups in total. The molecule has 8 rings (SSSR count). The second-order valence-electron chi connectivity index (χ2n) is 16.5. The molecule has 0 saturated heterocycles. The number of anilines is 1. The molecule has 60 heavy (non-hydrogen) atoms. The first-order chi connectivity index (χ1) is 28.4. The number of aromatic nitrogens is 4. The molecule has 4 aliphatic rings. The number of sulfonamides is 2. The van der Waals surface area contributed by atoms with E-state index in [2.05, 4.69) is 32.4 Å². The number of benzene rings is 2. The summed E-state index contributed by atoms with van der Waals surface area (Å²) in [6, 6.07) is 6.92. The zero-order valence-electron chi connectivity index (χ0n) is 35.6. The van der Waals surface area contributed by atoms with Gasteiger partial charge in [0.15, 0.2) is 10.1 Å². The van der Waals surface area contributed by atoms with Crippen LogP contribution in [-0.4, -0.2) is 93.5 Å². The number of carbonyl (C=O) groups is 1. The summed E-state index contributed by atoms with van der Waals surface area (Å²) < 4.78 is 58.0. The highest BCUT2D eigenvalue weighted by Crippen LogP contribution is 2.40. The maximum absolute atomic E-state index is 12.7. The number of primary sulfonamides is 1. The lowest BCUT2D eigenvalue weighted by molar-refractivity contribution is 0.256. The maximum Gasteiger partial charge on any atom is 0.333 e. The number of aryl methyl sites for hydroxylation is 6. The van der Waals surface area contributed by atoms with Gasteiger partial charge in [0, 0.05) is 63.2 Å². The van der Waals surface area contributed by atoms with Crippen LogP contribution in [0.3, 0.4) is 0 Å². The molecule has 4 aromatic rings. The Kier molecular flexibility index (Phi) is 14.1. The number of hydrogen-bond donors (Lipinski definition) is 3. The Bertz CT molecular complexity index is 2440. The molecule has 18 heteroatoms. The van der Waals surface area contributed by atoms with Crippen molar-refractivity contribution >= 4 is 31.8 Å². The number of urea groups is 1. The van der Waals surface area contributed by atoms with Crippen molar-refractivity contribution in [3.8, 4) is 12.0 Å². The van der Waals surface area contributed by atoms with Crippen molar-refractivity contribution in [3.05, 3.63) is 80.2 Å². The van der Waals surface area contributed by atoms with Crippen LogP contribution in [0, 0.1) is 11.5 Å². The molecule has 0 unspecified atom stereocenters. The van der Waals surface area contributed by atoms with E-state index in [0.717, 1.165) is 118 Å². The van der Waals surface area contributed by atoms with Crippen molar-refractivity contribution in [1.29, 1.82) is 5.26 Å². The topological polar surface area (TPSA) is 211 Å². The average molecular weight is 863 g/mol. The van der Waals surface area contributed by atoms with Gasteiger partial charge in [0.05, 0.1) is 0 Å². The van der Waals surface area contributed by atoms with E-state index in [4.69, 9.17) is 15.1 Å². The molecule has 0 saturated carbocycles. The van der Waals surface area contributed by atoms with Gasteiger partial charge in [-0.3, -0.25) is 9.36 Å². The lowest BCUT2D eigenvalue weighted by Crippen LogP contribution is -2.35. The molecule has 0 spiro atoms. The molecule has 16 nitrogen and oxygen atoms in total. The molecule has 2 heterocycles. The molecule has 0 atom stereocenters. The Labute approximate surface area is 354 Å². The van der Waals surface area contributed by atoms with Gasteiger partial charge in [0.1, 0.15) is 5.75 Å². The number of nitriles is 1. The molecule has 2 amide bonds. The second-order valence-corrected chi connectivity index (χ2v) is 19.7. The summed E-state index contributed by atoms with van der Waals surface area (Å²) in [5.74, 6) is 0.903. The van der Waals surface area contributed by atoms with Gasteiger partial charge in [-0.25, -0.2) is 23.1 Å². The van der Waals surface area contributed by atoms with E-state index in [-0.39, 0.29) is 10.1 Å². The predicted molar refractivity (Wildman–Crippen MR) is 229 cm³/mol. The zero-order valence-corrected chi connectivity index (χ0v) is 37.2. The van der Waals surface area contributed by atoms with E-state index in [1.807, 2.05) is 44.2 Å². The lowest BCUT2D eigenvalue weighted by atomic mass is 9.99. The van der Waals surface area contributed by atoms with Crippen molar-refractivity contribution in [2.24, 2.45) is 19.2 Å². The molecular weight excluding hydrogens is 805 g/mol. The van der Waals surface area contributed by atoms with Crippen LogP contribution < -0.4 is 19.9 Å². The molecule has 2 aromatic carbocycles. The maximum atomic E-state index is 12.7. The van der Waals surface area contributed by atoms with Crippen LogP contribution >= 0.6 is 0 Å². The summed E-state index contributed by atoms with van der Waals surface area (Å²) in [6.45, 7) is 1.61. The van der Waals surface area contributed by atoms with Crippen LogP contribution in [0.2, 0.25) is 0 Å². The summed E-state index contributed by atoms with van der Waals surface area (Å²) >= 11 is 0. The van der Waals surface area contributed by atoms with Crippen molar-refractivity contribution in [2.45, 2.75) is 99.9 Å². The van der Waals surface area contributed by atoms with Crippen LogP contribution in [0.5, 0.6) is 5.75 Å². The van der Waals surface area contributed by atoms with Crippen LogP contribution in [0.4, 0.5) is 10.5 Å². The third-order valence-electron chi connectivity index (χ3n) is 11.6. The largest absolute Gasteiger partial charge is 0.387 e. The Morgan fingerprint density at radius 3 is 1.55 bits per heavy atom. The Balaban J connectivity index is 0.000000168. The average Bonchev–Trinajstić information content (AvgIpc) is 4.03. The standard InChI is InChI=1S/C21H29N5O3S.C13H13NO.C8H16N4O2S/c1-25(2)11-10-16-13-19(23-26(16)3)30(28,29)24-21(27)22-20-17-8-4-6-14(17)12-15-7-5-9-18(15)20;14-8-15-13-11-5-1-3-9(11)7-10-4-2-6-12(10)13;1-11(2)5-4-7-6-8(10-12(7)3)15(9,13)14/h12-13H,4-11H2,1-3H3,(H2,22,24,27);7H,1-6H2;6H,4-5H2,1-3H3,(H2,9,13,14). The minimum Gasteiger partial charge on any atom is -0.387 e. The summed E-state index contributed by atoms with van der Waals surface area (Å²) in [5.41, 5.74) is 12.8. The van der Waals surface area contributed by atoms with Gasteiger partial charge < -0.3 is 19.9 Å². The molecule has 4 aliphatic carbocycles. The second kappa shape index (κ2) is 18.9. The normalized spacial score (nSPS) is 15.0. The molecule has 0 bridgehead atoms. The Hall–Kier alpha value is -4.80. The van der Waals surface area contributed by atoms with Gasteiger partial charge in [-0.05, 0) is 156 Å². The van der Waals surface area contributed by atoms with Gasteiger partial charge >= 0.3 is 6.03 Å². The summed E-state index contributed by atoms with van der Waals surface area (Å²) in [7, 11) is 3.49. The molecule has 0 radical (unpaired) electrons. The van der Waals surface area contributed by atoms with Gasteiger partial charge in [0.25, 0.3) is 26.3 Å². The number of fused-ring (bicyclic) bond motifs is 4. The number of nitrogens with two attached hydrogens (primary N) is 1. The molecule has 0 aliphatic heterocycles. The number of nitrogens with one attached hydrogen (secondary N) is 2. The van der Waals surface area contributed by atoms with Crippen LogP contribution in [0.15, 0.2) is 34.3 Å². The fraction of sp³-hybridized carbons (Fsp3) is 0.524. The van der Waals surface area contributed by atoms with E-state index in [1.54, 1.807) is 23.5 Å². The number of amides is 2. The SMILES string of the molecule is CN(C)CCc1cc(S(=O)(=O)NC(=O)Nc2c3c(cc4c2CCC4)CCC3)nn1C.CN(C)CCc1cc(S(N)(=O)=O)nn1C.N#COc1c2c(cc3c1CCC3)CCC2. The first kappa shape index (κ1) is 44.7. The first-order valence-corrected chi connectivity index (χ1v) is 23.6. The third-order valence-corrected chi connectivity index (χ3v) is 13.6. The number of likely N-dealkylation sites (N-methyl/N-ethyl adjacent to an activating group) is 2. The van der Waals surface area contributed by atoms with Gasteiger partial charge in [-0.15, -0.1) is 5.26 Å². The predicted octanol–water partition coefficient (Wildman–Crippen LogP) is 3.71. The molecule has 324 valence electrons. The molecule has 2 aromatic heterocycles. The third kappa shape index (κ3) is 10.6. The van der Waals surface area contributed by atoms with Crippen molar-refractivity contribution in [3.63, 3.8) is 0 Å². The number of nitrogens with zero attached hydrogens (tertiary/aromatic N) is 7. The quantitative estimate of drug-likeness (QED) is 0.185. The monoisotopic (exact) mass is 862 g/mol. The minimum absolute atomic E-state index is 0.0706. The summed E-state index contributed by atoms with van der Waals surface area (Å²) in [4.78, 5) is 16.7. The smallest absolute Gasteiger partial charge is 0.333 e. The number of hydrogen-bond acceptors (Lipinski definition) is 11. The minimum atomic E-state index is -4.06. The van der Waals surface area contributed by atoms with Gasteiger partial charge in [-0.1, -0.05) is 12.1 Å². The van der Waals surface area contributed by atoms with E-state index in [0.29, 0.717) is 6.42 Å². The van der Waals surface area contributed by atoms with Gasteiger partial charge in [0.2, 0.25) is 0 Å². The van der Waals surface area contributed by atoms with Crippen LogP contribution in [0.1, 0.15) is 81.6 Å². The molecule has 0 fully saturated rings. The Morgan fingerprint density at radius 2 is 1.13 bits per heavy atom. The number of ether oxygens (including phenoxy) is 1. The highest BCUT2D eigenvalue weighted by molar-refractivity contribution is 7.90. The van der Waals surface area contributed by atoms with Crippen molar-refractivity contribution < 1.29 is 26.4 Å². The van der Waals surface area contributed by atoms with E-state index >= 15 is 0 Å². The summed E-state index contributed by atoms with van der Waals surface area (Å²) in [6.07, 6.45) is 16.1. The van der Waals surface area contributed by atoms with Crippen LogP contribution in [0.25, 0.3) is 0 Å². The zero-order chi connectivity index (χ0) is 43.4. The van der Waals surface area contributed by atoms with E-state index in [1.165, 1.54) is 58.4 Å². The molecular formula is C42H58N10O6S2. The van der Waals surface area contributed by atoms with Crippen molar-refractivity contribution in [1.82, 2.24) is 34.1 Å². The Morgan fingerprint density at radius 1 is 0.717 bits per heavy atom. The highest BCUT2D eigenvalue weighted by Gasteiger charge is 2.28. The van der Waals surface area contributed by atoms with E-state index in [9.17, 15) is 21.6 Å². The van der Waals surface area contributed by atoms with Gasteiger partial charge in [-0.2, -0.15) is 18.6 Å². The number of carbonyl (C=O) groups excluding carboxylic acids is 1. The van der Waals surface area contributed by atoms with Crippen molar-refractivity contribution in [2.75, 3.05) is 46.6 Å². The lowest BCUT2D eigenvalue weighted by Gasteiger charge is -2.16. The highest BCUT2D eigenvalue weighted by atomic mass is 32.2. The fourth-order valence-corrected chi connectivity index (χ4v) is 10.0. The summed E-state index contributed by atoms with van der Waals surface area (Å²) in [5, 5.41) is 24.3. The number of rotatable bonds is 11. The first-order valence-electron chi connectivity index (χ1n) is 20.6. The van der Waals surface area contributed by atoms with Crippen LogP contribution in [-0.2, 0) is 98.4 Å². The van der Waals surface area contributed by atoms with E-state index < -0.39 is 26.1 Å².